The molecule has 1 saturated carbocycles. The lowest BCUT2D eigenvalue weighted by molar-refractivity contribution is -0.129. The molecule has 1 unspecified atom stereocenters. The lowest BCUT2D eigenvalue weighted by atomic mass is 10.2. The summed E-state index contributed by atoms with van der Waals surface area (Å²) in [6.07, 6.45) is 1.93. The van der Waals surface area contributed by atoms with E-state index in [1.807, 2.05) is 13.8 Å². The van der Waals surface area contributed by atoms with Crippen LogP contribution in [0.5, 0.6) is 0 Å². The van der Waals surface area contributed by atoms with Gasteiger partial charge in [-0.25, -0.2) is 0 Å². The van der Waals surface area contributed by atoms with Crippen LogP contribution >= 0.6 is 0 Å². The zero-order valence-corrected chi connectivity index (χ0v) is 9.67. The second kappa shape index (κ2) is 5.14. The molecule has 1 fully saturated rings. The van der Waals surface area contributed by atoms with Crippen molar-refractivity contribution >= 4 is 11.8 Å². The highest BCUT2D eigenvalue weighted by atomic mass is 16.2. The molecule has 0 radical (unpaired) electrons. The van der Waals surface area contributed by atoms with Gasteiger partial charge < -0.3 is 10.6 Å². The van der Waals surface area contributed by atoms with Crippen LogP contribution < -0.4 is 10.6 Å². The van der Waals surface area contributed by atoms with E-state index in [9.17, 15) is 9.59 Å². The third-order valence-electron chi connectivity index (χ3n) is 2.38. The van der Waals surface area contributed by atoms with Crippen LogP contribution in [-0.4, -0.2) is 24.4 Å². The lowest BCUT2D eigenvalue weighted by Crippen LogP contribution is -2.46. The number of amides is 2. The molecule has 2 amide bonds. The highest BCUT2D eigenvalue weighted by Crippen LogP contribution is 2.28. The van der Waals surface area contributed by atoms with Gasteiger partial charge in [0.1, 0.15) is 6.04 Å². The molecule has 0 aromatic carbocycles. The SMILES string of the molecule is CC(C)CNC(=O)C(C)NC(=O)C1CC1. The van der Waals surface area contributed by atoms with Crippen molar-refractivity contribution in [2.75, 3.05) is 6.54 Å². The van der Waals surface area contributed by atoms with Crippen LogP contribution in [0.25, 0.3) is 0 Å². The highest BCUT2D eigenvalue weighted by molar-refractivity contribution is 5.88. The first-order valence-electron chi connectivity index (χ1n) is 5.58. The first kappa shape index (κ1) is 12.0. The zero-order valence-electron chi connectivity index (χ0n) is 9.67. The van der Waals surface area contributed by atoms with E-state index in [0.717, 1.165) is 12.8 Å². The molecule has 0 aromatic rings. The fourth-order valence-electron chi connectivity index (χ4n) is 1.20. The average molecular weight is 212 g/mol. The molecule has 15 heavy (non-hydrogen) atoms. The number of hydrogen-bond acceptors (Lipinski definition) is 2. The standard InChI is InChI=1S/C11H20N2O2/c1-7(2)6-12-10(14)8(3)13-11(15)9-4-5-9/h7-9H,4-6H2,1-3H3,(H,12,14)(H,13,15). The molecule has 0 heterocycles. The highest BCUT2D eigenvalue weighted by Gasteiger charge is 2.31. The predicted molar refractivity (Wildman–Crippen MR) is 58.2 cm³/mol. The third kappa shape index (κ3) is 4.32. The van der Waals surface area contributed by atoms with Gasteiger partial charge in [0.15, 0.2) is 0 Å². The summed E-state index contributed by atoms with van der Waals surface area (Å²) in [7, 11) is 0. The molecule has 0 saturated heterocycles. The maximum Gasteiger partial charge on any atom is 0.242 e. The summed E-state index contributed by atoms with van der Waals surface area (Å²) in [6.45, 7) is 6.44. The van der Waals surface area contributed by atoms with Crippen molar-refractivity contribution in [3.63, 3.8) is 0 Å². The quantitative estimate of drug-likeness (QED) is 0.704. The van der Waals surface area contributed by atoms with E-state index in [1.165, 1.54) is 0 Å². The van der Waals surface area contributed by atoms with Gasteiger partial charge in [0.05, 0.1) is 0 Å². The second-order valence-electron chi connectivity index (χ2n) is 4.64. The van der Waals surface area contributed by atoms with E-state index in [1.54, 1.807) is 6.92 Å². The number of nitrogens with one attached hydrogen (secondary N) is 2. The Labute approximate surface area is 90.8 Å². The molecule has 4 nitrogen and oxygen atoms in total. The van der Waals surface area contributed by atoms with Crippen molar-refractivity contribution in [3.05, 3.63) is 0 Å². The van der Waals surface area contributed by atoms with Crippen molar-refractivity contribution in [1.82, 2.24) is 10.6 Å². The van der Waals surface area contributed by atoms with Gasteiger partial charge >= 0.3 is 0 Å². The van der Waals surface area contributed by atoms with Crippen LogP contribution in [0.15, 0.2) is 0 Å². The minimum Gasteiger partial charge on any atom is -0.354 e. The van der Waals surface area contributed by atoms with Gasteiger partial charge in [-0.3, -0.25) is 9.59 Å². The summed E-state index contributed by atoms with van der Waals surface area (Å²) in [5.41, 5.74) is 0. The molecule has 2 N–H and O–H groups in total. The smallest absolute Gasteiger partial charge is 0.242 e. The van der Waals surface area contributed by atoms with Crippen molar-refractivity contribution in [1.29, 1.82) is 0 Å². The molecule has 1 aliphatic carbocycles. The molecule has 1 aliphatic rings. The summed E-state index contributed by atoms with van der Waals surface area (Å²) in [5, 5.41) is 5.51. The number of hydrogen-bond donors (Lipinski definition) is 2. The summed E-state index contributed by atoms with van der Waals surface area (Å²) in [6, 6.07) is -0.420. The minimum atomic E-state index is -0.420. The third-order valence-corrected chi connectivity index (χ3v) is 2.38. The van der Waals surface area contributed by atoms with Crippen molar-refractivity contribution in [3.8, 4) is 0 Å². The van der Waals surface area contributed by atoms with E-state index >= 15 is 0 Å². The van der Waals surface area contributed by atoms with Crippen molar-refractivity contribution in [2.45, 2.75) is 39.7 Å². The molecular formula is C11H20N2O2. The maximum absolute atomic E-state index is 11.5. The summed E-state index contributed by atoms with van der Waals surface area (Å²) in [5.74, 6) is 0.505. The van der Waals surface area contributed by atoms with Crippen LogP contribution in [-0.2, 0) is 9.59 Å². The Morgan fingerprint density at radius 1 is 1.27 bits per heavy atom. The Morgan fingerprint density at radius 2 is 1.87 bits per heavy atom. The predicted octanol–water partition coefficient (Wildman–Crippen LogP) is 0.673. The Morgan fingerprint density at radius 3 is 2.33 bits per heavy atom. The van der Waals surface area contributed by atoms with Gasteiger partial charge in [0.2, 0.25) is 11.8 Å². The Bertz CT molecular complexity index is 247. The number of rotatable bonds is 5. The van der Waals surface area contributed by atoms with Crippen LogP contribution in [0.2, 0.25) is 0 Å². The van der Waals surface area contributed by atoms with E-state index in [0.29, 0.717) is 12.5 Å². The Balaban J connectivity index is 2.22. The first-order chi connectivity index (χ1) is 7.00. The monoisotopic (exact) mass is 212 g/mol. The van der Waals surface area contributed by atoms with Gasteiger partial charge in [-0.15, -0.1) is 0 Å². The van der Waals surface area contributed by atoms with Crippen LogP contribution in [0, 0.1) is 11.8 Å². The fraction of sp³-hybridized carbons (Fsp3) is 0.818. The second-order valence-corrected chi connectivity index (χ2v) is 4.64. The molecule has 0 aliphatic heterocycles. The Hall–Kier alpha value is -1.06. The zero-order chi connectivity index (χ0) is 11.4. The van der Waals surface area contributed by atoms with E-state index in [2.05, 4.69) is 10.6 Å². The molecule has 0 bridgehead atoms. The van der Waals surface area contributed by atoms with Gasteiger partial charge in [-0.2, -0.15) is 0 Å². The molecule has 0 spiro atoms. The first-order valence-corrected chi connectivity index (χ1v) is 5.58. The molecule has 4 heteroatoms. The largest absolute Gasteiger partial charge is 0.354 e. The topological polar surface area (TPSA) is 58.2 Å². The van der Waals surface area contributed by atoms with Crippen LogP contribution in [0.1, 0.15) is 33.6 Å². The number of carbonyl (C=O) groups excluding carboxylic acids is 2. The summed E-state index contributed by atoms with van der Waals surface area (Å²) >= 11 is 0. The fourth-order valence-corrected chi connectivity index (χ4v) is 1.20. The summed E-state index contributed by atoms with van der Waals surface area (Å²) < 4.78 is 0. The maximum atomic E-state index is 11.5. The molecular weight excluding hydrogens is 192 g/mol. The summed E-state index contributed by atoms with van der Waals surface area (Å²) in [4.78, 5) is 22.9. The lowest BCUT2D eigenvalue weighted by Gasteiger charge is -2.14. The van der Waals surface area contributed by atoms with Gasteiger partial charge in [0.25, 0.3) is 0 Å². The van der Waals surface area contributed by atoms with Gasteiger partial charge in [-0.1, -0.05) is 13.8 Å². The van der Waals surface area contributed by atoms with Gasteiger partial charge in [-0.05, 0) is 25.7 Å². The molecule has 0 aromatic heterocycles. The van der Waals surface area contributed by atoms with E-state index < -0.39 is 6.04 Å². The minimum absolute atomic E-state index is 0.0159. The average Bonchev–Trinajstić information content (AvgIpc) is 2.96. The molecule has 1 rings (SSSR count). The molecule has 86 valence electrons. The van der Waals surface area contributed by atoms with Crippen LogP contribution in [0.4, 0.5) is 0 Å². The van der Waals surface area contributed by atoms with Crippen molar-refractivity contribution in [2.24, 2.45) is 11.8 Å². The van der Waals surface area contributed by atoms with Crippen molar-refractivity contribution < 1.29 is 9.59 Å². The van der Waals surface area contributed by atoms with Crippen LogP contribution in [0.3, 0.4) is 0 Å². The number of carbonyl (C=O) groups is 2. The van der Waals surface area contributed by atoms with Gasteiger partial charge in [0, 0.05) is 12.5 Å². The Kier molecular flexibility index (Phi) is 4.12. The van der Waals surface area contributed by atoms with E-state index in [4.69, 9.17) is 0 Å². The van der Waals surface area contributed by atoms with E-state index in [-0.39, 0.29) is 17.7 Å². The normalized spacial score (nSPS) is 17.3. The molecule has 1 atom stereocenters.